The van der Waals surface area contributed by atoms with Crippen molar-refractivity contribution < 1.29 is 0 Å². The molecule has 0 saturated carbocycles. The zero-order valence-electron chi connectivity index (χ0n) is 15.1. The van der Waals surface area contributed by atoms with E-state index in [1.807, 2.05) is 0 Å². The van der Waals surface area contributed by atoms with E-state index in [1.54, 1.807) is 0 Å². The largest absolute Gasteiger partial charge is 0.374 e. The molecule has 0 amide bonds. The van der Waals surface area contributed by atoms with Gasteiger partial charge in [0.15, 0.2) is 0 Å². The molecule has 1 aromatic heterocycles. The maximum absolute atomic E-state index is 5.85. The number of piperidine rings is 3. The van der Waals surface area contributed by atoms with Crippen LogP contribution in [-0.4, -0.2) is 46.8 Å². The molecule has 0 aliphatic carbocycles. The van der Waals surface area contributed by atoms with Crippen LogP contribution in [0.25, 0.3) is 0 Å². The van der Waals surface area contributed by atoms with Crippen LogP contribution in [0, 0.1) is 11.8 Å². The first kappa shape index (κ1) is 16.5. The number of benzene rings is 1. The van der Waals surface area contributed by atoms with Gasteiger partial charge in [0, 0.05) is 25.2 Å². The molecule has 3 aliphatic heterocycles. The predicted molar refractivity (Wildman–Crippen MR) is 106 cm³/mol. The molecule has 2 bridgehead atoms. The summed E-state index contributed by atoms with van der Waals surface area (Å²) in [5.74, 6) is 1.46. The van der Waals surface area contributed by atoms with Crippen molar-refractivity contribution in [2.24, 2.45) is 11.8 Å². The van der Waals surface area contributed by atoms with E-state index in [9.17, 15) is 0 Å². The van der Waals surface area contributed by atoms with Gasteiger partial charge in [-0.25, -0.2) is 0 Å². The van der Waals surface area contributed by atoms with Crippen LogP contribution in [0.5, 0.6) is 0 Å². The quantitative estimate of drug-likeness (QED) is 0.901. The van der Waals surface area contributed by atoms with Crippen molar-refractivity contribution in [1.29, 1.82) is 0 Å². The van der Waals surface area contributed by atoms with Crippen LogP contribution in [-0.2, 0) is 6.42 Å². The molecule has 6 heteroatoms. The van der Waals surface area contributed by atoms with E-state index in [4.69, 9.17) is 5.73 Å². The Hall–Kier alpha value is -1.66. The van der Waals surface area contributed by atoms with E-state index in [1.165, 1.54) is 55.5 Å². The Kier molecular flexibility index (Phi) is 4.33. The summed E-state index contributed by atoms with van der Waals surface area (Å²) >= 11 is 1.54. The lowest BCUT2D eigenvalue weighted by Crippen LogP contribution is -2.64. The third kappa shape index (κ3) is 2.99. The van der Waals surface area contributed by atoms with Crippen molar-refractivity contribution in [3.8, 4) is 0 Å². The minimum absolute atomic E-state index is 0.580. The maximum atomic E-state index is 5.85. The maximum Gasteiger partial charge on any atom is 0.210 e. The Morgan fingerprint density at radius 1 is 1.08 bits per heavy atom. The SMILES string of the molecule is Nc1nnc(N2C[C@H]3C[C@@H](C2)[C@H](Cc2ccccc2)N2CCCC[C@@H]32)s1. The molecular formula is C20H27N5S. The summed E-state index contributed by atoms with van der Waals surface area (Å²) in [4.78, 5) is 5.35. The smallest absolute Gasteiger partial charge is 0.210 e. The molecule has 3 aliphatic rings. The van der Waals surface area contributed by atoms with Gasteiger partial charge in [0.25, 0.3) is 0 Å². The van der Waals surface area contributed by atoms with Gasteiger partial charge in [-0.2, -0.15) is 0 Å². The van der Waals surface area contributed by atoms with Crippen LogP contribution in [0.15, 0.2) is 30.3 Å². The topological polar surface area (TPSA) is 58.3 Å². The highest BCUT2D eigenvalue weighted by Gasteiger charge is 2.47. The van der Waals surface area contributed by atoms with Gasteiger partial charge in [-0.15, -0.1) is 10.2 Å². The first-order valence-corrected chi connectivity index (χ1v) is 10.7. The molecule has 26 heavy (non-hydrogen) atoms. The van der Waals surface area contributed by atoms with Crippen LogP contribution in [0.3, 0.4) is 0 Å². The molecule has 4 heterocycles. The van der Waals surface area contributed by atoms with Crippen molar-refractivity contribution in [3.05, 3.63) is 35.9 Å². The minimum Gasteiger partial charge on any atom is -0.374 e. The molecule has 3 saturated heterocycles. The number of hydrogen-bond donors (Lipinski definition) is 1. The van der Waals surface area contributed by atoms with Crippen molar-refractivity contribution >= 4 is 21.6 Å². The highest BCUT2D eigenvalue weighted by molar-refractivity contribution is 7.18. The first-order chi connectivity index (χ1) is 12.8. The van der Waals surface area contributed by atoms with Gasteiger partial charge in [-0.1, -0.05) is 48.1 Å². The fourth-order valence-corrected chi connectivity index (χ4v) is 6.18. The average molecular weight is 370 g/mol. The van der Waals surface area contributed by atoms with Gasteiger partial charge in [-0.05, 0) is 49.6 Å². The lowest BCUT2D eigenvalue weighted by atomic mass is 9.71. The Balaban J connectivity index is 1.43. The van der Waals surface area contributed by atoms with E-state index < -0.39 is 0 Å². The molecule has 138 valence electrons. The fourth-order valence-electron chi connectivity index (χ4n) is 5.55. The van der Waals surface area contributed by atoms with E-state index in [2.05, 4.69) is 50.3 Å². The summed E-state index contributed by atoms with van der Waals surface area (Å²) in [5, 5.41) is 9.98. The second kappa shape index (κ2) is 6.82. The van der Waals surface area contributed by atoms with Gasteiger partial charge < -0.3 is 10.6 Å². The Morgan fingerprint density at radius 2 is 1.92 bits per heavy atom. The number of rotatable bonds is 3. The number of aromatic nitrogens is 2. The van der Waals surface area contributed by atoms with Crippen molar-refractivity contribution in [2.75, 3.05) is 30.3 Å². The fraction of sp³-hybridized carbons (Fsp3) is 0.600. The highest BCUT2D eigenvalue weighted by atomic mass is 32.1. The molecule has 5 rings (SSSR count). The molecule has 5 nitrogen and oxygen atoms in total. The van der Waals surface area contributed by atoms with Gasteiger partial charge in [0.05, 0.1) is 0 Å². The Labute approximate surface area is 159 Å². The van der Waals surface area contributed by atoms with Crippen LogP contribution in [0.4, 0.5) is 10.3 Å². The third-order valence-corrected chi connectivity index (χ3v) is 7.42. The van der Waals surface area contributed by atoms with Crippen LogP contribution in [0.2, 0.25) is 0 Å². The number of nitrogens with zero attached hydrogens (tertiary/aromatic N) is 4. The number of fused-ring (bicyclic) bond motifs is 4. The summed E-state index contributed by atoms with van der Waals surface area (Å²) in [6, 6.07) is 12.4. The molecule has 2 N–H and O–H groups in total. The van der Waals surface area contributed by atoms with Gasteiger partial charge >= 0.3 is 0 Å². The lowest BCUT2D eigenvalue weighted by molar-refractivity contribution is -0.0317. The average Bonchev–Trinajstić information content (AvgIpc) is 3.12. The molecule has 0 unspecified atom stereocenters. The monoisotopic (exact) mass is 369 g/mol. The summed E-state index contributed by atoms with van der Waals surface area (Å²) in [6.45, 7) is 3.48. The molecule has 4 atom stereocenters. The number of anilines is 2. The van der Waals surface area contributed by atoms with E-state index in [0.29, 0.717) is 17.1 Å². The Bertz CT molecular complexity index is 748. The van der Waals surface area contributed by atoms with E-state index in [-0.39, 0.29) is 0 Å². The molecule has 0 spiro atoms. The van der Waals surface area contributed by atoms with Gasteiger partial charge in [-0.3, -0.25) is 4.90 Å². The summed E-state index contributed by atoms with van der Waals surface area (Å²) in [6.07, 6.45) is 6.63. The molecule has 0 radical (unpaired) electrons. The number of nitrogen functional groups attached to an aromatic ring is 1. The third-order valence-electron chi connectivity index (χ3n) is 6.61. The van der Waals surface area contributed by atoms with Crippen molar-refractivity contribution in [1.82, 2.24) is 15.1 Å². The van der Waals surface area contributed by atoms with Gasteiger partial charge in [0.2, 0.25) is 10.3 Å². The number of nitrogens with two attached hydrogens (primary N) is 1. The summed E-state index contributed by atoms with van der Waals surface area (Å²) in [7, 11) is 0. The molecule has 1 aromatic carbocycles. The predicted octanol–water partition coefficient (Wildman–Crippen LogP) is 3.04. The van der Waals surface area contributed by atoms with Crippen LogP contribution < -0.4 is 10.6 Å². The summed E-state index contributed by atoms with van der Waals surface area (Å²) < 4.78 is 0. The van der Waals surface area contributed by atoms with E-state index >= 15 is 0 Å². The minimum atomic E-state index is 0.580. The second-order valence-electron chi connectivity index (χ2n) is 8.14. The zero-order chi connectivity index (χ0) is 17.5. The lowest BCUT2D eigenvalue weighted by Gasteiger charge is -2.57. The standard InChI is InChI=1S/C20H27N5S/c21-19-22-23-20(26-19)24-12-15-11-16(13-24)18(10-14-6-2-1-3-7-14)25-9-5-4-8-17(15)25/h1-3,6-7,15-18H,4-5,8-13H2,(H2,21,22)/t15-,16+,17+,18+/m1/s1. The van der Waals surface area contributed by atoms with E-state index in [0.717, 1.165) is 30.2 Å². The van der Waals surface area contributed by atoms with Crippen LogP contribution >= 0.6 is 11.3 Å². The zero-order valence-corrected chi connectivity index (χ0v) is 15.9. The van der Waals surface area contributed by atoms with Crippen molar-refractivity contribution in [3.63, 3.8) is 0 Å². The number of hydrogen-bond acceptors (Lipinski definition) is 6. The van der Waals surface area contributed by atoms with Gasteiger partial charge in [0.1, 0.15) is 0 Å². The first-order valence-electron chi connectivity index (χ1n) is 9.91. The molecule has 2 aromatic rings. The Morgan fingerprint density at radius 3 is 2.73 bits per heavy atom. The molecular weight excluding hydrogens is 342 g/mol. The summed E-state index contributed by atoms with van der Waals surface area (Å²) in [5.41, 5.74) is 7.32. The normalized spacial score (nSPS) is 31.6. The van der Waals surface area contributed by atoms with Crippen molar-refractivity contribution in [2.45, 2.75) is 44.2 Å². The second-order valence-corrected chi connectivity index (χ2v) is 9.13. The molecule has 3 fully saturated rings. The van der Waals surface area contributed by atoms with Crippen LogP contribution in [0.1, 0.15) is 31.2 Å². The highest BCUT2D eigenvalue weighted by Crippen LogP contribution is 2.43.